The predicted molar refractivity (Wildman–Crippen MR) is 79.9 cm³/mol. The van der Waals surface area contributed by atoms with Gasteiger partial charge in [0.1, 0.15) is 0 Å². The van der Waals surface area contributed by atoms with E-state index in [1.165, 1.54) is 4.90 Å². The topological polar surface area (TPSA) is 70.7 Å². The van der Waals surface area contributed by atoms with Crippen LogP contribution in [0.3, 0.4) is 0 Å². The van der Waals surface area contributed by atoms with Crippen LogP contribution in [0, 0.1) is 5.92 Å². The maximum atomic E-state index is 12.3. The highest BCUT2D eigenvalue weighted by Gasteiger charge is 2.35. The highest BCUT2D eigenvalue weighted by Crippen LogP contribution is 2.16. The van der Waals surface area contributed by atoms with Crippen LogP contribution in [-0.4, -0.2) is 56.6 Å². The van der Waals surface area contributed by atoms with E-state index < -0.39 is 0 Å². The number of hydrogen-bond acceptors (Lipinski definition) is 4. The maximum absolute atomic E-state index is 12.3. The number of para-hydroxylation sites is 1. The van der Waals surface area contributed by atoms with Crippen LogP contribution >= 0.6 is 0 Å². The molecule has 2 N–H and O–H groups in total. The molecule has 2 atom stereocenters. The number of anilines is 1. The highest BCUT2D eigenvalue weighted by molar-refractivity contribution is 5.94. The van der Waals surface area contributed by atoms with Crippen LogP contribution in [0.15, 0.2) is 30.3 Å². The van der Waals surface area contributed by atoms with Crippen molar-refractivity contribution >= 4 is 17.5 Å². The summed E-state index contributed by atoms with van der Waals surface area (Å²) in [6, 6.07) is 9.19. The van der Waals surface area contributed by atoms with Crippen molar-refractivity contribution in [2.45, 2.75) is 6.04 Å². The van der Waals surface area contributed by atoms with Crippen molar-refractivity contribution in [3.63, 3.8) is 0 Å². The lowest BCUT2D eigenvalue weighted by Gasteiger charge is -2.23. The first-order valence-electron chi connectivity index (χ1n) is 6.96. The number of benzene rings is 1. The van der Waals surface area contributed by atoms with Gasteiger partial charge in [0.15, 0.2) is 0 Å². The van der Waals surface area contributed by atoms with Crippen molar-refractivity contribution < 1.29 is 14.3 Å². The molecule has 0 bridgehead atoms. The molecule has 2 rings (SSSR count). The van der Waals surface area contributed by atoms with Gasteiger partial charge >= 0.3 is 0 Å². The molecule has 1 aliphatic rings. The predicted octanol–water partition coefficient (Wildman–Crippen LogP) is 0.318. The SMILES string of the molecule is CNC1COCC1C(=O)N(C)CC(=O)Nc1ccccc1. The van der Waals surface area contributed by atoms with Gasteiger partial charge in [-0.1, -0.05) is 18.2 Å². The van der Waals surface area contributed by atoms with Gasteiger partial charge < -0.3 is 20.3 Å². The Morgan fingerprint density at radius 3 is 2.67 bits per heavy atom. The second kappa shape index (κ2) is 7.19. The molecule has 6 heteroatoms. The average Bonchev–Trinajstić information content (AvgIpc) is 2.95. The first kappa shape index (κ1) is 15.5. The minimum Gasteiger partial charge on any atom is -0.379 e. The van der Waals surface area contributed by atoms with E-state index in [4.69, 9.17) is 4.74 Å². The van der Waals surface area contributed by atoms with Gasteiger partial charge in [0.25, 0.3) is 0 Å². The maximum Gasteiger partial charge on any atom is 0.243 e. The molecule has 0 aromatic heterocycles. The van der Waals surface area contributed by atoms with Gasteiger partial charge in [-0.15, -0.1) is 0 Å². The van der Waals surface area contributed by atoms with Gasteiger partial charge in [0.2, 0.25) is 11.8 Å². The third-order valence-corrected chi connectivity index (χ3v) is 3.58. The Bertz CT molecular complexity index is 492. The summed E-state index contributed by atoms with van der Waals surface area (Å²) in [6.45, 7) is 0.951. The fourth-order valence-electron chi connectivity index (χ4n) is 2.38. The van der Waals surface area contributed by atoms with Crippen LogP contribution in [0.4, 0.5) is 5.69 Å². The minimum atomic E-state index is -0.232. The van der Waals surface area contributed by atoms with Gasteiger partial charge in [-0.2, -0.15) is 0 Å². The van der Waals surface area contributed by atoms with Gasteiger partial charge in [-0.3, -0.25) is 9.59 Å². The van der Waals surface area contributed by atoms with E-state index in [1.807, 2.05) is 37.4 Å². The second-order valence-electron chi connectivity index (χ2n) is 5.15. The van der Waals surface area contributed by atoms with E-state index >= 15 is 0 Å². The largest absolute Gasteiger partial charge is 0.379 e. The molecule has 0 aliphatic carbocycles. The zero-order valence-electron chi connectivity index (χ0n) is 12.3. The Morgan fingerprint density at radius 1 is 1.29 bits per heavy atom. The zero-order chi connectivity index (χ0) is 15.2. The molecule has 1 fully saturated rings. The summed E-state index contributed by atoms with van der Waals surface area (Å²) in [5.74, 6) is -0.517. The van der Waals surface area contributed by atoms with Crippen molar-refractivity contribution in [1.82, 2.24) is 10.2 Å². The molecular formula is C15H21N3O3. The molecule has 0 radical (unpaired) electrons. The number of amides is 2. The van der Waals surface area contributed by atoms with Crippen molar-refractivity contribution in [2.24, 2.45) is 5.92 Å². The van der Waals surface area contributed by atoms with E-state index in [0.717, 1.165) is 5.69 Å². The molecule has 1 saturated heterocycles. The van der Waals surface area contributed by atoms with Gasteiger partial charge in [0, 0.05) is 18.8 Å². The van der Waals surface area contributed by atoms with Crippen molar-refractivity contribution in [2.75, 3.05) is 39.2 Å². The number of hydrogen-bond donors (Lipinski definition) is 2. The summed E-state index contributed by atoms with van der Waals surface area (Å²) in [7, 11) is 3.44. The molecule has 0 saturated carbocycles. The summed E-state index contributed by atoms with van der Waals surface area (Å²) in [5.41, 5.74) is 0.723. The van der Waals surface area contributed by atoms with E-state index in [2.05, 4.69) is 10.6 Å². The van der Waals surface area contributed by atoms with Crippen molar-refractivity contribution in [1.29, 1.82) is 0 Å². The van der Waals surface area contributed by atoms with Crippen LogP contribution in [0.1, 0.15) is 0 Å². The number of nitrogens with one attached hydrogen (secondary N) is 2. The lowest BCUT2D eigenvalue weighted by Crippen LogP contribution is -2.45. The Balaban J connectivity index is 1.87. The number of carbonyl (C=O) groups is 2. The van der Waals surface area contributed by atoms with Gasteiger partial charge in [0.05, 0.1) is 25.7 Å². The smallest absolute Gasteiger partial charge is 0.243 e. The zero-order valence-corrected chi connectivity index (χ0v) is 12.3. The highest BCUT2D eigenvalue weighted by atomic mass is 16.5. The van der Waals surface area contributed by atoms with Crippen molar-refractivity contribution in [3.8, 4) is 0 Å². The average molecular weight is 291 g/mol. The summed E-state index contributed by atoms with van der Waals surface area (Å²) in [4.78, 5) is 25.7. The third-order valence-electron chi connectivity index (χ3n) is 3.58. The molecule has 2 unspecified atom stereocenters. The first-order chi connectivity index (χ1) is 10.1. The molecular weight excluding hydrogens is 270 g/mol. The summed E-state index contributed by atoms with van der Waals surface area (Å²) >= 11 is 0. The number of likely N-dealkylation sites (N-methyl/N-ethyl adjacent to an activating group) is 2. The molecule has 114 valence electrons. The molecule has 1 aromatic rings. The molecule has 21 heavy (non-hydrogen) atoms. The number of ether oxygens (including phenoxy) is 1. The van der Waals surface area contributed by atoms with E-state index in [9.17, 15) is 9.59 Å². The van der Waals surface area contributed by atoms with Crippen LogP contribution < -0.4 is 10.6 Å². The number of nitrogens with zero attached hydrogens (tertiary/aromatic N) is 1. The number of carbonyl (C=O) groups excluding carboxylic acids is 2. The van der Waals surface area contributed by atoms with Gasteiger partial charge in [-0.25, -0.2) is 0 Å². The van der Waals surface area contributed by atoms with Crippen LogP contribution in [0.5, 0.6) is 0 Å². The number of rotatable bonds is 5. The summed E-state index contributed by atoms with van der Waals surface area (Å²) in [5, 5.41) is 5.83. The lowest BCUT2D eigenvalue weighted by molar-refractivity contribution is -0.137. The molecule has 1 aliphatic heterocycles. The molecule has 2 amide bonds. The monoisotopic (exact) mass is 291 g/mol. The first-order valence-corrected chi connectivity index (χ1v) is 6.96. The Morgan fingerprint density at radius 2 is 2.00 bits per heavy atom. The van der Waals surface area contributed by atoms with Crippen LogP contribution in [0.25, 0.3) is 0 Å². The Hall–Kier alpha value is -1.92. The van der Waals surface area contributed by atoms with Crippen LogP contribution in [0.2, 0.25) is 0 Å². The lowest BCUT2D eigenvalue weighted by atomic mass is 10.0. The molecule has 1 heterocycles. The normalized spacial score (nSPS) is 21.0. The fourth-order valence-corrected chi connectivity index (χ4v) is 2.38. The standard InChI is InChI=1S/C15H21N3O3/c1-16-13-10-21-9-12(13)15(20)18(2)8-14(19)17-11-6-4-3-5-7-11/h3-7,12-13,16H,8-10H2,1-2H3,(H,17,19). The quantitative estimate of drug-likeness (QED) is 0.819. The van der Waals surface area contributed by atoms with E-state index in [1.54, 1.807) is 7.05 Å². The summed E-state index contributed by atoms with van der Waals surface area (Å²) in [6.07, 6.45) is 0. The molecule has 0 spiro atoms. The van der Waals surface area contributed by atoms with Crippen LogP contribution in [-0.2, 0) is 14.3 Å². The van der Waals surface area contributed by atoms with Gasteiger partial charge in [-0.05, 0) is 19.2 Å². The second-order valence-corrected chi connectivity index (χ2v) is 5.15. The summed E-state index contributed by atoms with van der Waals surface area (Å²) < 4.78 is 5.32. The molecule has 6 nitrogen and oxygen atoms in total. The minimum absolute atomic E-state index is 0.0112. The van der Waals surface area contributed by atoms with E-state index in [-0.39, 0.29) is 30.3 Å². The third kappa shape index (κ3) is 4.03. The van der Waals surface area contributed by atoms with E-state index in [0.29, 0.717) is 13.2 Å². The Kier molecular flexibility index (Phi) is 5.30. The van der Waals surface area contributed by atoms with Crippen molar-refractivity contribution in [3.05, 3.63) is 30.3 Å². The Labute approximate surface area is 124 Å². The fraction of sp³-hybridized carbons (Fsp3) is 0.467. The molecule has 1 aromatic carbocycles.